The van der Waals surface area contributed by atoms with Gasteiger partial charge in [0.25, 0.3) is 0 Å². The first-order valence-corrected chi connectivity index (χ1v) is 8.25. The number of rotatable bonds is 6. The van der Waals surface area contributed by atoms with Crippen LogP contribution in [-0.2, 0) is 13.6 Å². The second-order valence-corrected chi connectivity index (χ2v) is 6.42. The van der Waals surface area contributed by atoms with Crippen molar-refractivity contribution < 1.29 is 0 Å². The molecule has 1 aliphatic rings. The average Bonchev–Trinajstić information content (AvgIpc) is 2.91. The molecule has 1 saturated heterocycles. The number of nitrogens with zero attached hydrogens (tertiary/aromatic N) is 5. The number of tetrazole rings is 1. The van der Waals surface area contributed by atoms with E-state index in [9.17, 15) is 0 Å². The zero-order valence-corrected chi connectivity index (χ0v) is 14.1. The lowest BCUT2D eigenvalue weighted by Crippen LogP contribution is -2.64. The molecule has 0 spiro atoms. The molecule has 6 nitrogen and oxygen atoms in total. The number of aryl methyl sites for hydroxylation is 1. The van der Waals surface area contributed by atoms with E-state index in [1.807, 2.05) is 7.05 Å². The standard InChI is InChI=1S/C15H30N6/c1-6-12(4)13-9-16-15(7-2,8-3)11-21(13)10-14-17-19-20(5)18-14/h12-13,16H,6-11H2,1-5H3. The van der Waals surface area contributed by atoms with E-state index in [1.54, 1.807) is 4.80 Å². The van der Waals surface area contributed by atoms with Crippen molar-refractivity contribution in [3.05, 3.63) is 5.82 Å². The highest BCUT2D eigenvalue weighted by Gasteiger charge is 2.38. The Kier molecular flexibility index (Phi) is 5.32. The van der Waals surface area contributed by atoms with E-state index in [0.29, 0.717) is 12.0 Å². The quantitative estimate of drug-likeness (QED) is 0.863. The van der Waals surface area contributed by atoms with E-state index < -0.39 is 0 Å². The van der Waals surface area contributed by atoms with Crippen molar-refractivity contribution in [1.82, 2.24) is 30.4 Å². The molecule has 21 heavy (non-hydrogen) atoms. The van der Waals surface area contributed by atoms with Gasteiger partial charge in [0, 0.05) is 24.7 Å². The summed E-state index contributed by atoms with van der Waals surface area (Å²) in [4.78, 5) is 4.11. The Morgan fingerprint density at radius 1 is 1.33 bits per heavy atom. The normalized spacial score (nSPS) is 24.1. The number of hydrogen-bond donors (Lipinski definition) is 1. The lowest BCUT2D eigenvalue weighted by Gasteiger charge is -2.49. The van der Waals surface area contributed by atoms with Gasteiger partial charge in [-0.1, -0.05) is 34.1 Å². The monoisotopic (exact) mass is 294 g/mol. The fraction of sp³-hybridized carbons (Fsp3) is 0.933. The Bertz CT molecular complexity index is 439. The number of aromatic nitrogens is 4. The molecule has 2 unspecified atom stereocenters. The Hall–Kier alpha value is -1.01. The van der Waals surface area contributed by atoms with Gasteiger partial charge in [-0.05, 0) is 24.0 Å². The van der Waals surface area contributed by atoms with Gasteiger partial charge < -0.3 is 5.32 Å². The topological polar surface area (TPSA) is 58.9 Å². The second kappa shape index (κ2) is 6.83. The molecule has 6 heteroatoms. The summed E-state index contributed by atoms with van der Waals surface area (Å²) in [6, 6.07) is 0.546. The Morgan fingerprint density at radius 2 is 2.05 bits per heavy atom. The molecule has 2 atom stereocenters. The predicted molar refractivity (Wildman–Crippen MR) is 83.8 cm³/mol. The molecule has 0 aliphatic carbocycles. The van der Waals surface area contributed by atoms with Gasteiger partial charge in [-0.15, -0.1) is 10.2 Å². The lowest BCUT2D eigenvalue weighted by molar-refractivity contribution is 0.0376. The molecule has 1 aromatic heterocycles. The number of hydrogen-bond acceptors (Lipinski definition) is 5. The van der Waals surface area contributed by atoms with Crippen molar-refractivity contribution in [2.24, 2.45) is 13.0 Å². The Morgan fingerprint density at radius 3 is 2.57 bits per heavy atom. The first-order valence-electron chi connectivity index (χ1n) is 8.25. The van der Waals surface area contributed by atoms with Crippen LogP contribution in [-0.4, -0.2) is 49.8 Å². The largest absolute Gasteiger partial charge is 0.308 e. The van der Waals surface area contributed by atoms with Gasteiger partial charge in [0.15, 0.2) is 5.82 Å². The summed E-state index contributed by atoms with van der Waals surface area (Å²) in [6.07, 6.45) is 3.50. The zero-order chi connectivity index (χ0) is 15.5. The van der Waals surface area contributed by atoms with Crippen molar-refractivity contribution in [1.29, 1.82) is 0 Å². The van der Waals surface area contributed by atoms with Crippen molar-refractivity contribution in [3.8, 4) is 0 Å². The van der Waals surface area contributed by atoms with Crippen molar-refractivity contribution >= 4 is 0 Å². The van der Waals surface area contributed by atoms with Gasteiger partial charge in [0.05, 0.1) is 13.6 Å². The molecule has 0 amide bonds. The SMILES string of the molecule is CCC(C)C1CNC(CC)(CC)CN1Cc1nnn(C)n1. The van der Waals surface area contributed by atoms with Crippen LogP contribution in [0, 0.1) is 5.92 Å². The molecule has 0 radical (unpaired) electrons. The van der Waals surface area contributed by atoms with Crippen LogP contribution in [0.1, 0.15) is 52.8 Å². The average molecular weight is 294 g/mol. The molecule has 120 valence electrons. The van der Waals surface area contributed by atoms with Crippen LogP contribution in [0.5, 0.6) is 0 Å². The smallest absolute Gasteiger partial charge is 0.188 e. The highest BCUT2D eigenvalue weighted by Crippen LogP contribution is 2.27. The molecule has 1 aromatic rings. The first kappa shape index (κ1) is 16.4. The van der Waals surface area contributed by atoms with Crippen LogP contribution in [0.4, 0.5) is 0 Å². The summed E-state index contributed by atoms with van der Waals surface area (Å²) < 4.78 is 0. The van der Waals surface area contributed by atoms with Gasteiger partial charge in [0.1, 0.15) is 0 Å². The van der Waals surface area contributed by atoms with E-state index >= 15 is 0 Å². The maximum absolute atomic E-state index is 4.36. The third-order valence-corrected chi connectivity index (χ3v) is 5.21. The number of piperazine rings is 1. The van der Waals surface area contributed by atoms with E-state index in [0.717, 1.165) is 38.3 Å². The molecule has 1 aliphatic heterocycles. The molecule has 1 N–H and O–H groups in total. The van der Waals surface area contributed by atoms with Gasteiger partial charge in [-0.2, -0.15) is 4.80 Å². The molecule has 2 heterocycles. The van der Waals surface area contributed by atoms with Crippen LogP contribution in [0.3, 0.4) is 0 Å². The number of nitrogens with one attached hydrogen (secondary N) is 1. The minimum atomic E-state index is 0.228. The minimum absolute atomic E-state index is 0.228. The van der Waals surface area contributed by atoms with Crippen LogP contribution >= 0.6 is 0 Å². The predicted octanol–water partition coefficient (Wildman–Crippen LogP) is 1.59. The molecule has 0 aromatic carbocycles. The lowest BCUT2D eigenvalue weighted by atomic mass is 9.85. The fourth-order valence-electron chi connectivity index (χ4n) is 3.31. The molecule has 1 fully saturated rings. The summed E-state index contributed by atoms with van der Waals surface area (Å²) in [5.41, 5.74) is 0.228. The Balaban J connectivity index is 2.16. The third-order valence-electron chi connectivity index (χ3n) is 5.21. The summed E-state index contributed by atoms with van der Waals surface area (Å²) in [6.45, 7) is 12.1. The van der Waals surface area contributed by atoms with E-state index in [-0.39, 0.29) is 5.54 Å². The third kappa shape index (κ3) is 3.61. The first-order chi connectivity index (χ1) is 10.0. The van der Waals surface area contributed by atoms with E-state index in [2.05, 4.69) is 53.3 Å². The maximum atomic E-state index is 4.36. The molecular formula is C15H30N6. The fourth-order valence-corrected chi connectivity index (χ4v) is 3.31. The summed E-state index contributed by atoms with van der Waals surface area (Å²) in [7, 11) is 1.82. The molecule has 0 saturated carbocycles. The summed E-state index contributed by atoms with van der Waals surface area (Å²) >= 11 is 0. The van der Waals surface area contributed by atoms with E-state index in [4.69, 9.17) is 0 Å². The molecule has 0 bridgehead atoms. The molecular weight excluding hydrogens is 264 g/mol. The van der Waals surface area contributed by atoms with Crippen LogP contribution in [0.15, 0.2) is 0 Å². The van der Waals surface area contributed by atoms with Gasteiger partial charge in [-0.3, -0.25) is 4.90 Å². The summed E-state index contributed by atoms with van der Waals surface area (Å²) in [5, 5.41) is 16.3. The Labute approximate surface area is 128 Å². The zero-order valence-electron chi connectivity index (χ0n) is 14.1. The second-order valence-electron chi connectivity index (χ2n) is 6.42. The van der Waals surface area contributed by atoms with Crippen LogP contribution in [0.2, 0.25) is 0 Å². The van der Waals surface area contributed by atoms with Crippen molar-refractivity contribution in [2.45, 2.75) is 65.1 Å². The highest BCUT2D eigenvalue weighted by atomic mass is 15.6. The molecule has 2 rings (SSSR count). The van der Waals surface area contributed by atoms with Gasteiger partial charge in [-0.25, -0.2) is 0 Å². The van der Waals surface area contributed by atoms with Crippen LogP contribution in [0.25, 0.3) is 0 Å². The van der Waals surface area contributed by atoms with Gasteiger partial charge in [0.2, 0.25) is 0 Å². The maximum Gasteiger partial charge on any atom is 0.188 e. The van der Waals surface area contributed by atoms with E-state index in [1.165, 1.54) is 6.42 Å². The van der Waals surface area contributed by atoms with Crippen molar-refractivity contribution in [2.75, 3.05) is 13.1 Å². The van der Waals surface area contributed by atoms with Crippen molar-refractivity contribution in [3.63, 3.8) is 0 Å². The minimum Gasteiger partial charge on any atom is -0.308 e. The van der Waals surface area contributed by atoms with Gasteiger partial charge >= 0.3 is 0 Å². The highest BCUT2D eigenvalue weighted by molar-refractivity contribution is 4.99. The summed E-state index contributed by atoms with van der Waals surface area (Å²) in [5.74, 6) is 1.50. The van der Waals surface area contributed by atoms with Crippen LogP contribution < -0.4 is 5.32 Å².